The Morgan fingerprint density at radius 3 is 2.37 bits per heavy atom. The smallest absolute Gasteiger partial charge is 0.255 e. The molecule has 0 aliphatic heterocycles. The first-order valence-electron chi connectivity index (χ1n) is 13.1. The van der Waals surface area contributed by atoms with Crippen LogP contribution in [0.4, 0.5) is 20.2 Å². The minimum atomic E-state index is -3.76. The molecule has 2 aromatic heterocycles. The number of nitrogen functional groups attached to an aromatic ring is 1. The molecule has 0 aliphatic carbocycles. The van der Waals surface area contributed by atoms with Crippen LogP contribution >= 0.6 is 0 Å². The highest BCUT2D eigenvalue weighted by Gasteiger charge is 2.25. The number of nitrogens with one attached hydrogen (secondary N) is 2. The van der Waals surface area contributed by atoms with Gasteiger partial charge in [-0.25, -0.2) is 22.2 Å². The Bertz CT molecular complexity index is 2160. The van der Waals surface area contributed by atoms with E-state index in [0.29, 0.717) is 33.3 Å². The van der Waals surface area contributed by atoms with Crippen molar-refractivity contribution in [3.8, 4) is 33.9 Å². The number of sulfonamides is 1. The van der Waals surface area contributed by atoms with E-state index in [0.717, 1.165) is 0 Å². The Morgan fingerprint density at radius 1 is 0.930 bits per heavy atom. The Labute approximate surface area is 244 Å². The lowest BCUT2D eigenvalue weighted by atomic mass is 9.97. The summed E-state index contributed by atoms with van der Waals surface area (Å²) in [5.41, 5.74) is 9.11. The van der Waals surface area contributed by atoms with Crippen LogP contribution in [0, 0.1) is 11.6 Å². The van der Waals surface area contributed by atoms with Crippen LogP contribution in [0.15, 0.2) is 81.6 Å². The Balaban J connectivity index is 1.60. The van der Waals surface area contributed by atoms with Gasteiger partial charge in [0.1, 0.15) is 22.7 Å². The Hall–Kier alpha value is -5.23. The third kappa shape index (κ3) is 5.06. The first-order chi connectivity index (χ1) is 20.6. The number of para-hydroxylation sites is 1. The van der Waals surface area contributed by atoms with Crippen LogP contribution < -0.4 is 15.8 Å². The molecule has 43 heavy (non-hydrogen) atoms. The number of nitrogens with two attached hydrogens (primary N) is 1. The van der Waals surface area contributed by atoms with E-state index < -0.39 is 27.6 Å². The summed E-state index contributed by atoms with van der Waals surface area (Å²) < 4.78 is 67.9. The van der Waals surface area contributed by atoms with Crippen molar-refractivity contribution in [3.05, 3.63) is 90.0 Å². The highest BCUT2D eigenvalue weighted by Crippen LogP contribution is 2.42. The van der Waals surface area contributed by atoms with Gasteiger partial charge < -0.3 is 19.9 Å². The summed E-state index contributed by atoms with van der Waals surface area (Å²) >= 11 is 0. The number of aromatic nitrogens is 1. The average Bonchev–Trinajstić information content (AvgIpc) is 3.59. The second-order valence-electron chi connectivity index (χ2n) is 9.70. The normalized spacial score (nSPS) is 11.7. The van der Waals surface area contributed by atoms with Gasteiger partial charge in [0.15, 0.2) is 11.4 Å². The predicted molar refractivity (Wildman–Crippen MR) is 161 cm³/mol. The monoisotopic (exact) mass is 602 g/mol. The Kier molecular flexibility index (Phi) is 6.85. The Morgan fingerprint density at radius 2 is 1.67 bits per heavy atom. The van der Waals surface area contributed by atoms with Gasteiger partial charge in [-0.3, -0.25) is 9.52 Å². The molecule has 2 heterocycles. The number of oxazole rings is 1. The molecule has 0 saturated carbocycles. The van der Waals surface area contributed by atoms with Crippen molar-refractivity contribution in [1.29, 1.82) is 0 Å². The first kappa shape index (κ1) is 27.9. The van der Waals surface area contributed by atoms with Crippen LogP contribution in [0.25, 0.3) is 56.0 Å². The van der Waals surface area contributed by atoms with Crippen molar-refractivity contribution >= 4 is 49.4 Å². The SMILES string of the molecule is CCS(=O)(=O)Nc1cc2oc(-c3ccc(F)cc3)c(C(=O)NC)c2cc1-c1ccc(N)c(-c2nc3c(F)cccc3o2)c1. The molecular formula is C31H24F2N4O5S. The fourth-order valence-corrected chi connectivity index (χ4v) is 5.45. The maximum Gasteiger partial charge on any atom is 0.255 e. The minimum Gasteiger partial charge on any atom is -0.455 e. The van der Waals surface area contributed by atoms with Crippen LogP contribution in [-0.2, 0) is 10.0 Å². The number of anilines is 2. The van der Waals surface area contributed by atoms with E-state index in [4.69, 9.17) is 14.6 Å². The molecule has 4 N–H and O–H groups in total. The van der Waals surface area contributed by atoms with Gasteiger partial charge in [0, 0.05) is 35.3 Å². The molecule has 4 aromatic carbocycles. The summed E-state index contributed by atoms with van der Waals surface area (Å²) in [5, 5.41) is 2.99. The number of benzene rings is 4. The highest BCUT2D eigenvalue weighted by atomic mass is 32.2. The van der Waals surface area contributed by atoms with Crippen LogP contribution in [0.3, 0.4) is 0 Å². The number of hydrogen-bond donors (Lipinski definition) is 3. The second kappa shape index (κ2) is 10.6. The highest BCUT2D eigenvalue weighted by molar-refractivity contribution is 7.92. The standard InChI is InChI=1S/C31H24F2N4O5S/c1-3-43(39,40)37-24-15-26-21(27(30(38)35-2)29(41-26)16-7-10-18(32)11-8-16)14-19(24)17-9-12-23(34)20(13-17)31-36-28-22(33)5-4-6-25(28)42-31/h4-15,37H,3,34H2,1-2H3,(H,35,38). The van der Waals surface area contributed by atoms with Crippen molar-refractivity contribution in [1.82, 2.24) is 10.3 Å². The molecule has 1 amide bonds. The van der Waals surface area contributed by atoms with Gasteiger partial charge in [0.2, 0.25) is 15.9 Å². The molecule has 0 saturated heterocycles. The lowest BCUT2D eigenvalue weighted by Crippen LogP contribution is -2.18. The van der Waals surface area contributed by atoms with Crippen LogP contribution in [0.5, 0.6) is 0 Å². The molecule has 6 rings (SSSR count). The number of nitrogens with zero attached hydrogens (tertiary/aromatic N) is 1. The lowest BCUT2D eigenvalue weighted by Gasteiger charge is -2.14. The summed E-state index contributed by atoms with van der Waals surface area (Å²) in [7, 11) is -2.29. The van der Waals surface area contributed by atoms with Gasteiger partial charge in [0.25, 0.3) is 5.91 Å². The molecule has 0 bridgehead atoms. The molecule has 0 radical (unpaired) electrons. The van der Waals surface area contributed by atoms with Crippen LogP contribution in [-0.4, -0.2) is 32.1 Å². The van der Waals surface area contributed by atoms with Crippen molar-refractivity contribution in [2.24, 2.45) is 0 Å². The predicted octanol–water partition coefficient (Wildman–Crippen LogP) is 6.56. The quantitative estimate of drug-likeness (QED) is 0.176. The zero-order valence-corrected chi connectivity index (χ0v) is 23.7. The summed E-state index contributed by atoms with van der Waals surface area (Å²) in [4.78, 5) is 17.4. The molecule has 6 aromatic rings. The van der Waals surface area contributed by atoms with E-state index >= 15 is 0 Å². The zero-order chi connectivity index (χ0) is 30.5. The summed E-state index contributed by atoms with van der Waals surface area (Å²) in [5.74, 6) is -1.42. The van der Waals surface area contributed by atoms with Gasteiger partial charge in [-0.15, -0.1) is 0 Å². The average molecular weight is 603 g/mol. The van der Waals surface area contributed by atoms with Crippen LogP contribution in [0.1, 0.15) is 17.3 Å². The lowest BCUT2D eigenvalue weighted by molar-refractivity contribution is 0.0964. The molecule has 0 aliphatic rings. The summed E-state index contributed by atoms with van der Waals surface area (Å²) in [6, 6.07) is 17.8. The number of rotatable bonds is 7. The molecule has 9 nitrogen and oxygen atoms in total. The molecule has 218 valence electrons. The summed E-state index contributed by atoms with van der Waals surface area (Å²) in [6.07, 6.45) is 0. The molecule has 12 heteroatoms. The molecular weight excluding hydrogens is 578 g/mol. The summed E-state index contributed by atoms with van der Waals surface area (Å²) in [6.45, 7) is 1.50. The maximum atomic E-state index is 14.4. The van der Waals surface area contributed by atoms with E-state index in [9.17, 15) is 22.0 Å². The number of carbonyl (C=O) groups is 1. The van der Waals surface area contributed by atoms with E-state index in [1.165, 1.54) is 56.4 Å². The van der Waals surface area contributed by atoms with Gasteiger partial charge in [-0.1, -0.05) is 12.1 Å². The van der Waals surface area contributed by atoms with Crippen molar-refractivity contribution in [3.63, 3.8) is 0 Å². The van der Waals surface area contributed by atoms with Gasteiger partial charge in [-0.05, 0) is 67.1 Å². The number of furan rings is 1. The third-order valence-corrected chi connectivity index (χ3v) is 8.29. The zero-order valence-electron chi connectivity index (χ0n) is 22.9. The van der Waals surface area contributed by atoms with Gasteiger partial charge in [0.05, 0.1) is 22.6 Å². The van der Waals surface area contributed by atoms with E-state index in [2.05, 4.69) is 15.0 Å². The topological polar surface area (TPSA) is 140 Å². The van der Waals surface area contributed by atoms with E-state index in [1.54, 1.807) is 30.3 Å². The number of carbonyl (C=O) groups excluding carboxylic acids is 1. The number of fused-ring (bicyclic) bond motifs is 2. The molecule has 0 atom stereocenters. The van der Waals surface area contributed by atoms with Crippen molar-refractivity contribution in [2.45, 2.75) is 6.92 Å². The number of amides is 1. The fraction of sp³-hybridized carbons (Fsp3) is 0.0968. The molecule has 0 unspecified atom stereocenters. The molecule has 0 spiro atoms. The number of halogens is 2. The number of hydrogen-bond acceptors (Lipinski definition) is 7. The van der Waals surface area contributed by atoms with Crippen LogP contribution in [0.2, 0.25) is 0 Å². The van der Waals surface area contributed by atoms with Gasteiger partial charge >= 0.3 is 0 Å². The van der Waals surface area contributed by atoms with Crippen molar-refractivity contribution in [2.75, 3.05) is 23.3 Å². The minimum absolute atomic E-state index is 0.0436. The molecule has 0 fully saturated rings. The second-order valence-corrected chi connectivity index (χ2v) is 11.7. The third-order valence-electron chi connectivity index (χ3n) is 7.00. The maximum absolute atomic E-state index is 14.4. The largest absolute Gasteiger partial charge is 0.455 e. The fourth-order valence-electron chi connectivity index (χ4n) is 4.80. The first-order valence-corrected chi connectivity index (χ1v) is 14.8. The van der Waals surface area contributed by atoms with Gasteiger partial charge in [-0.2, -0.15) is 0 Å². The van der Waals surface area contributed by atoms with E-state index in [-0.39, 0.29) is 45.3 Å². The van der Waals surface area contributed by atoms with E-state index in [1.807, 2.05) is 0 Å². The van der Waals surface area contributed by atoms with Crippen molar-refractivity contribution < 1.29 is 30.8 Å².